The number of nitro benzene ring substituents is 1. The summed E-state index contributed by atoms with van der Waals surface area (Å²) in [4.78, 5) is 22.2. The average Bonchev–Trinajstić information content (AvgIpc) is 2.56. The van der Waals surface area contributed by atoms with E-state index >= 15 is 0 Å². The Bertz CT molecular complexity index is 746. The predicted octanol–water partition coefficient (Wildman–Crippen LogP) is 3.28. The Morgan fingerprint density at radius 1 is 1.25 bits per heavy atom. The molecule has 0 spiro atoms. The summed E-state index contributed by atoms with van der Waals surface area (Å²) in [5.41, 5.74) is 2.62. The number of hydrogen-bond donors (Lipinski definition) is 2. The largest absolute Gasteiger partial charge is 0.494 e. The molecule has 0 atom stereocenters. The number of hydrogen-bond acceptors (Lipinski definition) is 4. The molecular formula is C17H19N3O4. The highest BCUT2D eigenvalue weighted by Gasteiger charge is 2.13. The summed E-state index contributed by atoms with van der Waals surface area (Å²) in [5.74, 6) is 0.234. The van der Waals surface area contributed by atoms with Gasteiger partial charge in [0.2, 0.25) is 0 Å². The molecule has 0 aromatic heterocycles. The predicted molar refractivity (Wildman–Crippen MR) is 91.6 cm³/mol. The van der Waals surface area contributed by atoms with Gasteiger partial charge >= 0.3 is 6.03 Å². The topological polar surface area (TPSA) is 93.5 Å². The molecule has 126 valence electrons. The number of methoxy groups -OCH3 is 1. The van der Waals surface area contributed by atoms with E-state index in [0.717, 1.165) is 6.42 Å². The molecular weight excluding hydrogens is 310 g/mol. The van der Waals surface area contributed by atoms with E-state index in [9.17, 15) is 14.9 Å². The molecule has 7 nitrogen and oxygen atoms in total. The quantitative estimate of drug-likeness (QED) is 0.628. The maximum absolute atomic E-state index is 12.0. The molecule has 0 unspecified atom stereocenters. The molecule has 0 aliphatic heterocycles. The number of amides is 2. The molecule has 0 saturated carbocycles. The summed E-state index contributed by atoms with van der Waals surface area (Å²) in [7, 11) is 1.39. The van der Waals surface area contributed by atoms with Gasteiger partial charge in [0.25, 0.3) is 5.69 Å². The van der Waals surface area contributed by atoms with Crippen LogP contribution in [0, 0.1) is 17.0 Å². The van der Waals surface area contributed by atoms with Crippen molar-refractivity contribution in [1.29, 1.82) is 0 Å². The number of benzene rings is 2. The van der Waals surface area contributed by atoms with Crippen molar-refractivity contribution in [2.24, 2.45) is 0 Å². The summed E-state index contributed by atoms with van der Waals surface area (Å²) in [6, 6.07) is 11.6. The van der Waals surface area contributed by atoms with E-state index in [1.165, 1.54) is 36.4 Å². The van der Waals surface area contributed by atoms with Gasteiger partial charge in [-0.25, -0.2) is 4.79 Å². The minimum atomic E-state index is -0.519. The van der Waals surface area contributed by atoms with Crippen LogP contribution in [-0.4, -0.2) is 24.6 Å². The Hall–Kier alpha value is -3.09. The number of aryl methyl sites for hydroxylation is 1. The molecule has 0 heterocycles. The third-order valence-electron chi connectivity index (χ3n) is 3.59. The van der Waals surface area contributed by atoms with Crippen molar-refractivity contribution in [3.63, 3.8) is 0 Å². The minimum absolute atomic E-state index is 0.0997. The van der Waals surface area contributed by atoms with Crippen LogP contribution in [0.25, 0.3) is 0 Å². The van der Waals surface area contributed by atoms with Crippen LogP contribution in [0.2, 0.25) is 0 Å². The Balaban J connectivity index is 1.92. The summed E-state index contributed by atoms with van der Waals surface area (Å²) < 4.78 is 5.08. The molecule has 24 heavy (non-hydrogen) atoms. The van der Waals surface area contributed by atoms with Gasteiger partial charge in [0.1, 0.15) is 5.75 Å². The Labute approximate surface area is 139 Å². The maximum Gasteiger partial charge on any atom is 0.319 e. The summed E-state index contributed by atoms with van der Waals surface area (Å²) >= 11 is 0. The molecule has 0 saturated heterocycles. The first kappa shape index (κ1) is 17.3. The lowest BCUT2D eigenvalue weighted by molar-refractivity contribution is -0.384. The van der Waals surface area contributed by atoms with E-state index in [0.29, 0.717) is 12.2 Å². The highest BCUT2D eigenvalue weighted by molar-refractivity contribution is 5.91. The number of urea groups is 1. The van der Waals surface area contributed by atoms with Gasteiger partial charge in [-0.3, -0.25) is 10.1 Å². The van der Waals surface area contributed by atoms with Gasteiger partial charge in [-0.05, 0) is 30.5 Å². The molecule has 0 aliphatic rings. The lowest BCUT2D eigenvalue weighted by atomic mass is 10.1. The fraction of sp³-hybridized carbons (Fsp3) is 0.235. The van der Waals surface area contributed by atoms with E-state index in [1.54, 1.807) is 0 Å². The number of carbonyl (C=O) groups is 1. The molecule has 0 radical (unpaired) electrons. The molecule has 0 aliphatic carbocycles. The van der Waals surface area contributed by atoms with Crippen LogP contribution in [0.3, 0.4) is 0 Å². The number of non-ortho nitro benzene ring substituents is 1. The van der Waals surface area contributed by atoms with Crippen molar-refractivity contribution < 1.29 is 14.5 Å². The Kier molecular flexibility index (Phi) is 5.73. The lowest BCUT2D eigenvalue weighted by Gasteiger charge is -2.11. The van der Waals surface area contributed by atoms with Crippen LogP contribution in [0.4, 0.5) is 16.2 Å². The number of nitro groups is 1. The van der Waals surface area contributed by atoms with E-state index in [2.05, 4.69) is 10.6 Å². The third-order valence-corrected chi connectivity index (χ3v) is 3.59. The summed E-state index contributed by atoms with van der Waals surface area (Å²) in [6.07, 6.45) is 0.720. The smallest absolute Gasteiger partial charge is 0.319 e. The average molecular weight is 329 g/mol. The van der Waals surface area contributed by atoms with Gasteiger partial charge in [0, 0.05) is 12.6 Å². The first-order valence-corrected chi connectivity index (χ1v) is 7.43. The van der Waals surface area contributed by atoms with Crippen molar-refractivity contribution in [3.05, 3.63) is 63.7 Å². The van der Waals surface area contributed by atoms with E-state index in [-0.39, 0.29) is 11.4 Å². The zero-order valence-corrected chi connectivity index (χ0v) is 13.5. The summed E-state index contributed by atoms with van der Waals surface area (Å²) in [6.45, 7) is 2.50. The van der Waals surface area contributed by atoms with Crippen molar-refractivity contribution in [2.45, 2.75) is 13.3 Å². The van der Waals surface area contributed by atoms with Crippen molar-refractivity contribution in [1.82, 2.24) is 5.32 Å². The Morgan fingerprint density at radius 2 is 2.00 bits per heavy atom. The monoisotopic (exact) mass is 329 g/mol. The zero-order valence-electron chi connectivity index (χ0n) is 13.5. The number of nitrogens with one attached hydrogen (secondary N) is 2. The minimum Gasteiger partial charge on any atom is -0.494 e. The van der Waals surface area contributed by atoms with Crippen LogP contribution in [-0.2, 0) is 6.42 Å². The molecule has 2 aromatic carbocycles. The second-order valence-corrected chi connectivity index (χ2v) is 5.20. The van der Waals surface area contributed by atoms with Crippen LogP contribution in [0.5, 0.6) is 5.75 Å². The number of carbonyl (C=O) groups excluding carboxylic acids is 1. The highest BCUT2D eigenvalue weighted by Crippen LogP contribution is 2.28. The SMILES string of the molecule is COc1cc([N+](=O)[O-])ccc1NC(=O)NCCc1ccccc1C. The maximum atomic E-state index is 12.0. The third kappa shape index (κ3) is 4.45. The summed E-state index contributed by atoms with van der Waals surface area (Å²) in [5, 5.41) is 16.1. The van der Waals surface area contributed by atoms with E-state index < -0.39 is 11.0 Å². The molecule has 2 amide bonds. The molecule has 0 bridgehead atoms. The first-order chi connectivity index (χ1) is 11.5. The van der Waals surface area contributed by atoms with Crippen LogP contribution in [0.1, 0.15) is 11.1 Å². The molecule has 2 aromatic rings. The van der Waals surface area contributed by atoms with Gasteiger partial charge in [0.05, 0.1) is 23.8 Å². The van der Waals surface area contributed by atoms with E-state index in [4.69, 9.17) is 4.74 Å². The van der Waals surface area contributed by atoms with Gasteiger partial charge in [-0.15, -0.1) is 0 Å². The molecule has 2 N–H and O–H groups in total. The molecule has 7 heteroatoms. The number of nitrogens with zero attached hydrogens (tertiary/aromatic N) is 1. The number of anilines is 1. The lowest BCUT2D eigenvalue weighted by Crippen LogP contribution is -2.30. The fourth-order valence-electron chi connectivity index (χ4n) is 2.26. The molecule has 0 fully saturated rings. The van der Waals surface area contributed by atoms with Gasteiger partial charge in [-0.1, -0.05) is 24.3 Å². The van der Waals surface area contributed by atoms with Gasteiger partial charge in [0.15, 0.2) is 0 Å². The van der Waals surface area contributed by atoms with Gasteiger partial charge < -0.3 is 15.4 Å². The van der Waals surface area contributed by atoms with Crippen molar-refractivity contribution in [3.8, 4) is 5.75 Å². The number of rotatable bonds is 6. The van der Waals surface area contributed by atoms with Gasteiger partial charge in [-0.2, -0.15) is 0 Å². The highest BCUT2D eigenvalue weighted by atomic mass is 16.6. The second-order valence-electron chi connectivity index (χ2n) is 5.20. The van der Waals surface area contributed by atoms with Crippen LogP contribution < -0.4 is 15.4 Å². The fourth-order valence-corrected chi connectivity index (χ4v) is 2.26. The number of ether oxygens (including phenoxy) is 1. The van der Waals surface area contributed by atoms with Crippen LogP contribution in [0.15, 0.2) is 42.5 Å². The second kappa shape index (κ2) is 7.96. The standard InChI is InChI=1S/C17H19N3O4/c1-12-5-3-4-6-13(12)9-10-18-17(21)19-15-8-7-14(20(22)23)11-16(15)24-2/h3-8,11H,9-10H2,1-2H3,(H2,18,19,21). The normalized spacial score (nSPS) is 10.1. The zero-order chi connectivity index (χ0) is 17.5. The van der Waals surface area contributed by atoms with Crippen molar-refractivity contribution >= 4 is 17.4 Å². The van der Waals surface area contributed by atoms with E-state index in [1.807, 2.05) is 31.2 Å². The molecule has 2 rings (SSSR count). The Morgan fingerprint density at radius 3 is 2.67 bits per heavy atom. The van der Waals surface area contributed by atoms with Crippen molar-refractivity contribution in [2.75, 3.05) is 19.0 Å². The first-order valence-electron chi connectivity index (χ1n) is 7.43. The van der Waals surface area contributed by atoms with Crippen LogP contribution >= 0.6 is 0 Å².